The van der Waals surface area contributed by atoms with Gasteiger partial charge in [0.05, 0.1) is 18.2 Å². The van der Waals surface area contributed by atoms with Crippen molar-refractivity contribution in [1.82, 2.24) is 19.9 Å². The molecule has 34 heavy (non-hydrogen) atoms. The molecule has 3 heterocycles. The molecule has 2 aliphatic heterocycles. The Morgan fingerprint density at radius 3 is 2.71 bits per heavy atom. The summed E-state index contributed by atoms with van der Waals surface area (Å²) in [6.07, 6.45) is 1.84. The summed E-state index contributed by atoms with van der Waals surface area (Å²) in [5.74, 6) is 1.06. The fraction of sp³-hybridized carbons (Fsp3) is 0.400. The zero-order valence-electron chi connectivity index (χ0n) is 18.9. The smallest absolute Gasteiger partial charge is 0.241 e. The number of hydrogen-bond donors (Lipinski definition) is 0. The van der Waals surface area contributed by atoms with Crippen LogP contribution in [0.2, 0.25) is 0 Å². The van der Waals surface area contributed by atoms with Crippen LogP contribution in [0.25, 0.3) is 11.4 Å². The first-order chi connectivity index (χ1) is 16.6. The molecule has 2 aromatic carbocycles. The van der Waals surface area contributed by atoms with E-state index in [0.717, 1.165) is 29.4 Å². The molecule has 2 aliphatic rings. The Hall–Kier alpha value is -2.78. The molecule has 2 saturated heterocycles. The third-order valence-corrected chi connectivity index (χ3v) is 7.04. The predicted octanol–water partition coefficient (Wildman–Crippen LogP) is 4.20. The maximum atomic E-state index is 14.1. The van der Waals surface area contributed by atoms with E-state index < -0.39 is 0 Å². The largest absolute Gasteiger partial charge is 0.366 e. The highest BCUT2D eigenvalue weighted by Crippen LogP contribution is 2.25. The molecule has 0 saturated carbocycles. The highest BCUT2D eigenvalue weighted by atomic mass is 79.9. The van der Waals surface area contributed by atoms with Crippen molar-refractivity contribution >= 4 is 27.5 Å². The molecular weight excluding hydrogens is 501 g/mol. The number of para-hydroxylation sites is 1. The van der Waals surface area contributed by atoms with Crippen LogP contribution < -0.4 is 4.90 Å². The van der Waals surface area contributed by atoms with Crippen LogP contribution in [-0.4, -0.2) is 65.1 Å². The van der Waals surface area contributed by atoms with Crippen molar-refractivity contribution in [2.24, 2.45) is 5.92 Å². The van der Waals surface area contributed by atoms with Gasteiger partial charge in [0.15, 0.2) is 0 Å². The number of piperazine rings is 1. The van der Waals surface area contributed by atoms with Crippen molar-refractivity contribution in [3.63, 3.8) is 0 Å². The van der Waals surface area contributed by atoms with E-state index in [9.17, 15) is 9.18 Å². The minimum absolute atomic E-state index is 0.0405. The number of carbonyl (C=O) groups excluding carboxylic acids is 1. The fourth-order valence-electron chi connectivity index (χ4n) is 4.79. The molecule has 1 atom stereocenters. The molecule has 1 unspecified atom stereocenters. The van der Waals surface area contributed by atoms with Crippen LogP contribution in [0.3, 0.4) is 0 Å². The number of rotatable bonds is 5. The van der Waals surface area contributed by atoms with Crippen molar-refractivity contribution in [3.05, 3.63) is 64.7 Å². The van der Waals surface area contributed by atoms with E-state index in [0.29, 0.717) is 56.7 Å². The first-order valence-corrected chi connectivity index (χ1v) is 12.5. The minimum atomic E-state index is -0.214. The molecule has 5 rings (SSSR count). The SMILES string of the molecule is O=C(C1CCCN(Cc2nc(-c3cccc(Br)c3)no2)C1)N1CCN(c2ccccc2F)CC1. The normalized spacial score (nSPS) is 19.4. The lowest BCUT2D eigenvalue weighted by molar-refractivity contribution is -0.137. The summed E-state index contributed by atoms with van der Waals surface area (Å²) in [6, 6.07) is 14.6. The van der Waals surface area contributed by atoms with Crippen LogP contribution in [0.4, 0.5) is 10.1 Å². The summed E-state index contributed by atoms with van der Waals surface area (Å²) >= 11 is 3.47. The van der Waals surface area contributed by atoms with Gasteiger partial charge in [-0.2, -0.15) is 4.98 Å². The van der Waals surface area contributed by atoms with Crippen LogP contribution in [0, 0.1) is 11.7 Å². The zero-order valence-corrected chi connectivity index (χ0v) is 20.5. The van der Waals surface area contributed by atoms with Crippen LogP contribution in [0.5, 0.6) is 0 Å². The fourth-order valence-corrected chi connectivity index (χ4v) is 5.19. The molecule has 0 bridgehead atoms. The van der Waals surface area contributed by atoms with E-state index in [1.807, 2.05) is 40.1 Å². The first kappa shape index (κ1) is 23.0. The summed E-state index contributed by atoms with van der Waals surface area (Å²) in [4.78, 5) is 24.0. The molecule has 3 aromatic rings. The van der Waals surface area contributed by atoms with Crippen molar-refractivity contribution in [3.8, 4) is 11.4 Å². The third kappa shape index (κ3) is 5.15. The summed E-state index contributed by atoms with van der Waals surface area (Å²) in [5, 5.41) is 4.12. The maximum absolute atomic E-state index is 14.1. The minimum Gasteiger partial charge on any atom is -0.366 e. The second kappa shape index (κ2) is 10.2. The number of aromatic nitrogens is 2. The van der Waals surface area contributed by atoms with Gasteiger partial charge in [0, 0.05) is 42.8 Å². The van der Waals surface area contributed by atoms with E-state index in [1.54, 1.807) is 12.1 Å². The number of benzene rings is 2. The predicted molar refractivity (Wildman–Crippen MR) is 131 cm³/mol. The van der Waals surface area contributed by atoms with Gasteiger partial charge in [0.2, 0.25) is 17.6 Å². The van der Waals surface area contributed by atoms with Gasteiger partial charge in [0.25, 0.3) is 0 Å². The number of piperidine rings is 1. The quantitative estimate of drug-likeness (QED) is 0.495. The molecule has 0 N–H and O–H groups in total. The molecule has 0 radical (unpaired) electrons. The molecule has 178 valence electrons. The molecule has 0 aliphatic carbocycles. The van der Waals surface area contributed by atoms with Gasteiger partial charge in [-0.3, -0.25) is 9.69 Å². The van der Waals surface area contributed by atoms with Gasteiger partial charge in [0.1, 0.15) is 5.82 Å². The number of amides is 1. The highest BCUT2D eigenvalue weighted by Gasteiger charge is 2.32. The zero-order chi connectivity index (χ0) is 23.5. The Labute approximate surface area is 206 Å². The number of carbonyl (C=O) groups is 1. The Bertz CT molecular complexity index is 1150. The lowest BCUT2D eigenvalue weighted by Crippen LogP contribution is -2.52. The molecule has 7 nitrogen and oxygen atoms in total. The Morgan fingerprint density at radius 1 is 1.09 bits per heavy atom. The van der Waals surface area contributed by atoms with E-state index >= 15 is 0 Å². The standard InChI is InChI=1S/C25H27BrFN5O2/c26-20-7-3-5-18(15-20)24-28-23(34-29-24)17-30-10-4-6-19(16-30)25(33)32-13-11-31(12-14-32)22-9-2-1-8-21(22)27/h1-3,5,7-9,15,19H,4,6,10-14,16-17H2. The Kier molecular flexibility index (Phi) is 6.92. The highest BCUT2D eigenvalue weighted by molar-refractivity contribution is 9.10. The van der Waals surface area contributed by atoms with Crippen LogP contribution in [0.15, 0.2) is 57.5 Å². The number of hydrogen-bond acceptors (Lipinski definition) is 6. The van der Waals surface area contributed by atoms with Crippen LogP contribution in [0.1, 0.15) is 18.7 Å². The number of halogens is 2. The molecule has 1 amide bonds. The van der Waals surface area contributed by atoms with Gasteiger partial charge in [-0.15, -0.1) is 0 Å². The van der Waals surface area contributed by atoms with Gasteiger partial charge < -0.3 is 14.3 Å². The second-order valence-corrected chi connectivity index (χ2v) is 9.78. The van der Waals surface area contributed by atoms with Crippen molar-refractivity contribution in [1.29, 1.82) is 0 Å². The lowest BCUT2D eigenvalue weighted by atomic mass is 9.96. The van der Waals surface area contributed by atoms with E-state index in [4.69, 9.17) is 4.52 Å². The summed E-state index contributed by atoms with van der Waals surface area (Å²) < 4.78 is 20.6. The van der Waals surface area contributed by atoms with Crippen molar-refractivity contribution in [2.75, 3.05) is 44.2 Å². The average molecular weight is 528 g/mol. The molecule has 0 spiro atoms. The third-order valence-electron chi connectivity index (χ3n) is 6.55. The monoisotopic (exact) mass is 527 g/mol. The second-order valence-electron chi connectivity index (χ2n) is 8.86. The summed E-state index contributed by atoms with van der Waals surface area (Å²) in [6.45, 7) is 4.63. The average Bonchev–Trinajstić information content (AvgIpc) is 3.33. The number of likely N-dealkylation sites (tertiary alicyclic amines) is 1. The van der Waals surface area contributed by atoms with Gasteiger partial charge in [-0.25, -0.2) is 4.39 Å². The molecule has 1 aromatic heterocycles. The lowest BCUT2D eigenvalue weighted by Gasteiger charge is -2.39. The van der Waals surface area contributed by atoms with Crippen LogP contribution in [-0.2, 0) is 11.3 Å². The van der Waals surface area contributed by atoms with E-state index in [2.05, 4.69) is 31.0 Å². The van der Waals surface area contributed by atoms with E-state index in [-0.39, 0.29) is 17.6 Å². The van der Waals surface area contributed by atoms with E-state index in [1.165, 1.54) is 6.07 Å². The van der Waals surface area contributed by atoms with Crippen LogP contribution >= 0.6 is 15.9 Å². The van der Waals surface area contributed by atoms with Gasteiger partial charge >= 0.3 is 0 Å². The van der Waals surface area contributed by atoms with Crippen molar-refractivity contribution < 1.29 is 13.7 Å². The molecule has 2 fully saturated rings. The topological polar surface area (TPSA) is 65.7 Å². The van der Waals surface area contributed by atoms with Crippen molar-refractivity contribution in [2.45, 2.75) is 19.4 Å². The Balaban J connectivity index is 1.16. The number of anilines is 1. The van der Waals surface area contributed by atoms with Gasteiger partial charge in [-0.1, -0.05) is 45.4 Å². The summed E-state index contributed by atoms with van der Waals surface area (Å²) in [5.41, 5.74) is 1.51. The summed E-state index contributed by atoms with van der Waals surface area (Å²) in [7, 11) is 0. The molecular formula is C25H27BrFN5O2. The Morgan fingerprint density at radius 2 is 1.91 bits per heavy atom. The maximum Gasteiger partial charge on any atom is 0.241 e. The number of nitrogens with zero attached hydrogens (tertiary/aromatic N) is 5. The van der Waals surface area contributed by atoms with Gasteiger partial charge in [-0.05, 0) is 43.7 Å². The molecule has 9 heteroatoms. The first-order valence-electron chi connectivity index (χ1n) is 11.7.